The number of ether oxygens (including phenoxy) is 1. The second kappa shape index (κ2) is 5.60. The second-order valence-corrected chi connectivity index (χ2v) is 5.33. The minimum Gasteiger partial charge on any atom is -0.385 e. The Bertz CT molecular complexity index is 463. The third kappa shape index (κ3) is 3.16. The largest absolute Gasteiger partial charge is 0.385 e. The molecule has 2 rings (SSSR count). The Morgan fingerprint density at radius 3 is 2.89 bits per heavy atom. The Hall–Kier alpha value is -1.24. The Balaban J connectivity index is 1.96. The number of nitrogens with one attached hydrogen (secondary N) is 1. The zero-order chi connectivity index (χ0) is 13.0. The first-order valence-electron chi connectivity index (χ1n) is 6.12. The molecular formula is C14H17ClN2O. The molecule has 1 saturated carbocycles. The van der Waals surface area contributed by atoms with Gasteiger partial charge in [0.15, 0.2) is 0 Å². The quantitative estimate of drug-likeness (QED) is 0.856. The van der Waals surface area contributed by atoms with Crippen LogP contribution in [-0.4, -0.2) is 20.3 Å². The van der Waals surface area contributed by atoms with Crippen LogP contribution in [0.2, 0.25) is 5.02 Å². The van der Waals surface area contributed by atoms with E-state index in [1.807, 2.05) is 6.07 Å². The van der Waals surface area contributed by atoms with Crippen LogP contribution in [0.15, 0.2) is 18.2 Å². The average molecular weight is 265 g/mol. The summed E-state index contributed by atoms with van der Waals surface area (Å²) in [6.07, 6.45) is 3.55. The molecule has 1 aromatic carbocycles. The number of halogens is 1. The minimum atomic E-state index is 0.363. The van der Waals surface area contributed by atoms with Crippen molar-refractivity contribution in [1.82, 2.24) is 0 Å². The molecule has 1 aliphatic rings. The molecule has 0 unspecified atom stereocenters. The van der Waals surface area contributed by atoms with Gasteiger partial charge in [-0.05, 0) is 42.9 Å². The highest BCUT2D eigenvalue weighted by molar-refractivity contribution is 6.30. The number of anilines is 1. The number of methoxy groups -OCH3 is 1. The van der Waals surface area contributed by atoms with Crippen molar-refractivity contribution in [1.29, 1.82) is 5.26 Å². The molecule has 1 aromatic rings. The summed E-state index contributed by atoms with van der Waals surface area (Å²) in [5, 5.41) is 13.0. The molecule has 96 valence electrons. The Morgan fingerprint density at radius 1 is 1.50 bits per heavy atom. The van der Waals surface area contributed by atoms with Crippen LogP contribution in [-0.2, 0) is 4.74 Å². The normalized spacial score (nSPS) is 16.1. The molecule has 1 N–H and O–H groups in total. The first kappa shape index (κ1) is 13.2. The van der Waals surface area contributed by atoms with Crippen molar-refractivity contribution in [3.8, 4) is 6.07 Å². The van der Waals surface area contributed by atoms with E-state index in [-0.39, 0.29) is 0 Å². The summed E-state index contributed by atoms with van der Waals surface area (Å²) < 4.78 is 5.13. The van der Waals surface area contributed by atoms with Crippen LogP contribution in [0.5, 0.6) is 0 Å². The number of rotatable bonds is 6. The van der Waals surface area contributed by atoms with Crippen molar-refractivity contribution in [2.24, 2.45) is 5.41 Å². The highest BCUT2D eigenvalue weighted by Crippen LogP contribution is 2.48. The van der Waals surface area contributed by atoms with E-state index in [0.717, 1.165) is 25.3 Å². The maximum absolute atomic E-state index is 9.06. The van der Waals surface area contributed by atoms with Crippen LogP contribution in [0, 0.1) is 16.7 Å². The molecule has 1 fully saturated rings. The highest BCUT2D eigenvalue weighted by atomic mass is 35.5. The molecule has 0 spiro atoms. The molecule has 3 nitrogen and oxygen atoms in total. The fraction of sp³-hybridized carbons (Fsp3) is 0.500. The lowest BCUT2D eigenvalue weighted by Crippen LogP contribution is -2.17. The predicted octanol–water partition coefficient (Wildman–Crippen LogP) is 3.44. The van der Waals surface area contributed by atoms with E-state index in [0.29, 0.717) is 16.0 Å². The van der Waals surface area contributed by atoms with Crippen LogP contribution >= 0.6 is 11.6 Å². The van der Waals surface area contributed by atoms with Gasteiger partial charge >= 0.3 is 0 Å². The summed E-state index contributed by atoms with van der Waals surface area (Å²) in [5.74, 6) is 0. The van der Waals surface area contributed by atoms with Gasteiger partial charge in [-0.3, -0.25) is 0 Å². The van der Waals surface area contributed by atoms with Gasteiger partial charge in [-0.15, -0.1) is 0 Å². The maximum atomic E-state index is 9.06. The summed E-state index contributed by atoms with van der Waals surface area (Å²) in [6, 6.07) is 7.53. The van der Waals surface area contributed by atoms with Crippen molar-refractivity contribution >= 4 is 17.3 Å². The van der Waals surface area contributed by atoms with E-state index in [1.54, 1.807) is 19.2 Å². The van der Waals surface area contributed by atoms with Crippen molar-refractivity contribution < 1.29 is 4.74 Å². The first-order valence-corrected chi connectivity index (χ1v) is 6.49. The average Bonchev–Trinajstić information content (AvgIpc) is 3.15. The van der Waals surface area contributed by atoms with Crippen LogP contribution in [0.1, 0.15) is 24.8 Å². The van der Waals surface area contributed by atoms with Gasteiger partial charge in [-0.1, -0.05) is 11.6 Å². The molecule has 0 aromatic heterocycles. The molecular weight excluding hydrogens is 248 g/mol. The lowest BCUT2D eigenvalue weighted by Gasteiger charge is -2.17. The topological polar surface area (TPSA) is 45.0 Å². The van der Waals surface area contributed by atoms with E-state index < -0.39 is 0 Å². The molecule has 0 heterocycles. The molecule has 18 heavy (non-hydrogen) atoms. The Morgan fingerprint density at radius 2 is 2.28 bits per heavy atom. The SMILES string of the molecule is COCCC1(CNc2ccc(Cl)cc2C#N)CC1. The predicted molar refractivity (Wildman–Crippen MR) is 72.8 cm³/mol. The number of benzene rings is 1. The number of nitriles is 1. The van der Waals surface area contributed by atoms with Crippen LogP contribution in [0.3, 0.4) is 0 Å². The van der Waals surface area contributed by atoms with Crippen molar-refractivity contribution in [2.75, 3.05) is 25.6 Å². The van der Waals surface area contributed by atoms with Crippen LogP contribution in [0.4, 0.5) is 5.69 Å². The molecule has 0 atom stereocenters. The Kier molecular flexibility index (Phi) is 4.11. The van der Waals surface area contributed by atoms with Gasteiger partial charge in [-0.25, -0.2) is 0 Å². The highest BCUT2D eigenvalue weighted by Gasteiger charge is 2.41. The van der Waals surface area contributed by atoms with Crippen LogP contribution in [0.25, 0.3) is 0 Å². The van der Waals surface area contributed by atoms with Gasteiger partial charge in [0.2, 0.25) is 0 Å². The van der Waals surface area contributed by atoms with Crippen molar-refractivity contribution in [3.05, 3.63) is 28.8 Å². The molecule has 0 radical (unpaired) electrons. The van der Waals surface area contributed by atoms with Gasteiger partial charge in [-0.2, -0.15) is 5.26 Å². The zero-order valence-corrected chi connectivity index (χ0v) is 11.3. The van der Waals surface area contributed by atoms with Crippen molar-refractivity contribution in [3.63, 3.8) is 0 Å². The number of hydrogen-bond acceptors (Lipinski definition) is 3. The molecule has 0 aliphatic heterocycles. The van der Waals surface area contributed by atoms with E-state index >= 15 is 0 Å². The monoisotopic (exact) mass is 264 g/mol. The number of nitrogens with zero attached hydrogens (tertiary/aromatic N) is 1. The van der Waals surface area contributed by atoms with Gasteiger partial charge in [0.1, 0.15) is 6.07 Å². The molecule has 4 heteroatoms. The van der Waals surface area contributed by atoms with E-state index in [9.17, 15) is 0 Å². The van der Waals surface area contributed by atoms with Crippen LogP contribution < -0.4 is 5.32 Å². The summed E-state index contributed by atoms with van der Waals surface area (Å²) in [4.78, 5) is 0. The fourth-order valence-electron chi connectivity index (χ4n) is 2.06. The maximum Gasteiger partial charge on any atom is 0.101 e. The smallest absolute Gasteiger partial charge is 0.101 e. The molecule has 1 aliphatic carbocycles. The summed E-state index contributed by atoms with van der Waals surface area (Å²) in [5.41, 5.74) is 1.83. The lowest BCUT2D eigenvalue weighted by atomic mass is 10.0. The van der Waals surface area contributed by atoms with Gasteiger partial charge < -0.3 is 10.1 Å². The van der Waals surface area contributed by atoms with Crippen molar-refractivity contribution in [2.45, 2.75) is 19.3 Å². The fourth-order valence-corrected chi connectivity index (χ4v) is 2.23. The minimum absolute atomic E-state index is 0.363. The summed E-state index contributed by atoms with van der Waals surface area (Å²) >= 11 is 5.87. The summed E-state index contributed by atoms with van der Waals surface area (Å²) in [7, 11) is 1.73. The van der Waals surface area contributed by atoms with E-state index in [4.69, 9.17) is 21.6 Å². The third-order valence-corrected chi connectivity index (χ3v) is 3.78. The third-order valence-electron chi connectivity index (χ3n) is 3.55. The van der Waals surface area contributed by atoms with Gasteiger partial charge in [0.05, 0.1) is 11.3 Å². The zero-order valence-electron chi connectivity index (χ0n) is 10.5. The van der Waals surface area contributed by atoms with Gasteiger partial charge in [0, 0.05) is 25.3 Å². The Labute approximate surface area is 113 Å². The molecule has 0 amide bonds. The van der Waals surface area contributed by atoms with E-state index in [2.05, 4.69) is 11.4 Å². The van der Waals surface area contributed by atoms with Gasteiger partial charge in [0.25, 0.3) is 0 Å². The second-order valence-electron chi connectivity index (χ2n) is 4.90. The summed E-state index contributed by atoms with van der Waals surface area (Å²) in [6.45, 7) is 1.69. The van der Waals surface area contributed by atoms with E-state index in [1.165, 1.54) is 12.8 Å². The lowest BCUT2D eigenvalue weighted by molar-refractivity contribution is 0.175. The first-order chi connectivity index (χ1) is 8.69. The standard InChI is InChI=1S/C14H17ClN2O/c1-18-7-6-14(4-5-14)10-17-13-3-2-12(15)8-11(13)9-16/h2-3,8,17H,4-7,10H2,1H3. The molecule has 0 saturated heterocycles. The molecule has 0 bridgehead atoms. The number of hydrogen-bond donors (Lipinski definition) is 1.